The average Bonchev–Trinajstić information content (AvgIpc) is 2.74. The highest BCUT2D eigenvalue weighted by atomic mass is 79.9. The number of carbonyl (C=O) groups is 1. The van der Waals surface area contributed by atoms with Gasteiger partial charge in [-0.2, -0.15) is 0 Å². The first-order chi connectivity index (χ1) is 14.4. The minimum Gasteiger partial charge on any atom is -0.497 e. The molecule has 2 aromatic rings. The standard InChI is InChI=1S/C19H19BrF2N2O3S.C2H6/c1-24-17(11-3-5-12(26-2)6-4-11)18(20)28-10-9-27-14-8-7-13(21)15(16(14)22)19(23)25;1-2/h3-8,24H,9-10H2,1-2H3,(H2,23,25);1-2H3/b18-17-;. The van der Waals surface area contributed by atoms with E-state index in [9.17, 15) is 13.6 Å². The summed E-state index contributed by atoms with van der Waals surface area (Å²) in [5, 5.41) is 3.13. The molecule has 2 aromatic carbocycles. The zero-order valence-corrected chi connectivity index (χ0v) is 19.6. The lowest BCUT2D eigenvalue weighted by molar-refractivity contribution is 0.0991. The third-order valence-electron chi connectivity index (χ3n) is 3.70. The molecule has 3 N–H and O–H groups in total. The van der Waals surface area contributed by atoms with Gasteiger partial charge in [-0.25, -0.2) is 8.78 Å². The quantitative estimate of drug-likeness (QED) is 0.463. The van der Waals surface area contributed by atoms with Crippen LogP contribution in [-0.2, 0) is 0 Å². The van der Waals surface area contributed by atoms with E-state index >= 15 is 0 Å². The highest BCUT2D eigenvalue weighted by Gasteiger charge is 2.19. The predicted molar refractivity (Wildman–Crippen MR) is 122 cm³/mol. The van der Waals surface area contributed by atoms with Crippen LogP contribution in [-0.4, -0.2) is 32.4 Å². The number of thioether (sulfide) groups is 1. The maximum atomic E-state index is 14.1. The van der Waals surface area contributed by atoms with Crippen LogP contribution in [0.5, 0.6) is 11.5 Å². The Hall–Kier alpha value is -2.26. The van der Waals surface area contributed by atoms with Crippen molar-refractivity contribution in [2.24, 2.45) is 5.73 Å². The summed E-state index contributed by atoms with van der Waals surface area (Å²) in [4.78, 5) is 11.2. The molecule has 0 aliphatic heterocycles. The number of ether oxygens (including phenoxy) is 2. The van der Waals surface area contributed by atoms with Gasteiger partial charge in [-0.15, -0.1) is 11.8 Å². The molecule has 1 amide bonds. The molecule has 9 heteroatoms. The Kier molecular flexibility index (Phi) is 11.3. The Balaban J connectivity index is 0.00000218. The lowest BCUT2D eigenvalue weighted by Gasteiger charge is -2.12. The molecule has 164 valence electrons. The largest absolute Gasteiger partial charge is 0.497 e. The molecule has 0 heterocycles. The molecule has 0 aliphatic carbocycles. The van der Waals surface area contributed by atoms with Gasteiger partial charge in [0, 0.05) is 12.8 Å². The SMILES string of the molecule is CC.CN/C(=C(/Br)SCCOc1ccc(F)c(C(N)=O)c1F)c1ccc(OC)cc1. The first-order valence-electron chi connectivity index (χ1n) is 9.14. The van der Waals surface area contributed by atoms with Crippen LogP contribution in [0.4, 0.5) is 8.78 Å². The predicted octanol–water partition coefficient (Wildman–Crippen LogP) is 5.15. The van der Waals surface area contributed by atoms with Crippen molar-refractivity contribution >= 4 is 39.3 Å². The summed E-state index contributed by atoms with van der Waals surface area (Å²) in [5.41, 5.74) is 6.02. The summed E-state index contributed by atoms with van der Waals surface area (Å²) >= 11 is 4.97. The first kappa shape index (κ1) is 25.8. The third-order valence-corrected chi connectivity index (χ3v) is 5.61. The zero-order valence-electron chi connectivity index (χ0n) is 17.2. The fourth-order valence-corrected chi connectivity index (χ4v) is 3.96. The summed E-state index contributed by atoms with van der Waals surface area (Å²) in [6, 6.07) is 9.63. The van der Waals surface area contributed by atoms with Gasteiger partial charge in [0.05, 0.1) is 23.2 Å². The monoisotopic (exact) mass is 502 g/mol. The molecule has 0 aromatic heterocycles. The molecule has 2 rings (SSSR count). The van der Waals surface area contributed by atoms with Crippen molar-refractivity contribution in [2.75, 3.05) is 26.5 Å². The Bertz CT molecular complexity index is 877. The number of halogens is 3. The van der Waals surface area contributed by atoms with Gasteiger partial charge in [0.1, 0.15) is 17.1 Å². The van der Waals surface area contributed by atoms with E-state index in [1.807, 2.05) is 38.1 Å². The average molecular weight is 503 g/mol. The Labute approximate surface area is 188 Å². The molecular weight excluding hydrogens is 478 g/mol. The van der Waals surface area contributed by atoms with Crippen molar-refractivity contribution in [2.45, 2.75) is 13.8 Å². The lowest BCUT2D eigenvalue weighted by atomic mass is 10.2. The van der Waals surface area contributed by atoms with Gasteiger partial charge in [0.2, 0.25) is 0 Å². The lowest BCUT2D eigenvalue weighted by Crippen LogP contribution is -2.16. The number of nitrogens with two attached hydrogens (primary N) is 1. The van der Waals surface area contributed by atoms with Crippen molar-refractivity contribution in [3.05, 3.63) is 63.0 Å². The van der Waals surface area contributed by atoms with Gasteiger partial charge < -0.3 is 20.5 Å². The Morgan fingerprint density at radius 1 is 1.17 bits per heavy atom. The summed E-state index contributed by atoms with van der Waals surface area (Å²) in [5.74, 6) is -2.28. The van der Waals surface area contributed by atoms with Crippen molar-refractivity contribution in [3.63, 3.8) is 0 Å². The number of hydrogen-bond acceptors (Lipinski definition) is 5. The number of benzene rings is 2. The van der Waals surface area contributed by atoms with Gasteiger partial charge in [-0.05, 0) is 57.9 Å². The number of carbonyl (C=O) groups excluding carboxylic acids is 1. The fourth-order valence-electron chi connectivity index (χ4n) is 2.34. The molecule has 0 unspecified atom stereocenters. The summed E-state index contributed by atoms with van der Waals surface area (Å²) in [7, 11) is 3.41. The summed E-state index contributed by atoms with van der Waals surface area (Å²) in [6.07, 6.45) is 0. The van der Waals surface area contributed by atoms with Gasteiger partial charge in [-0.1, -0.05) is 13.8 Å². The van der Waals surface area contributed by atoms with Crippen LogP contribution in [0, 0.1) is 11.6 Å². The van der Waals surface area contributed by atoms with Crippen LogP contribution in [0.1, 0.15) is 29.8 Å². The molecule has 0 saturated heterocycles. The third kappa shape index (κ3) is 6.91. The van der Waals surface area contributed by atoms with Crippen molar-refractivity contribution in [3.8, 4) is 11.5 Å². The van der Waals surface area contributed by atoms with Gasteiger partial charge in [0.25, 0.3) is 5.91 Å². The highest BCUT2D eigenvalue weighted by molar-refractivity contribution is 9.14. The molecule has 0 radical (unpaired) electrons. The number of amides is 1. The van der Waals surface area contributed by atoms with E-state index in [1.54, 1.807) is 14.2 Å². The van der Waals surface area contributed by atoms with Crippen LogP contribution < -0.4 is 20.5 Å². The number of primary amides is 1. The maximum Gasteiger partial charge on any atom is 0.254 e. The van der Waals surface area contributed by atoms with Crippen LogP contribution in [0.2, 0.25) is 0 Å². The summed E-state index contributed by atoms with van der Waals surface area (Å²) < 4.78 is 38.9. The van der Waals surface area contributed by atoms with Crippen molar-refractivity contribution < 1.29 is 23.0 Å². The molecule has 0 saturated carbocycles. The smallest absolute Gasteiger partial charge is 0.254 e. The molecule has 0 fully saturated rings. The minimum atomic E-state index is -1.18. The molecule has 0 spiro atoms. The van der Waals surface area contributed by atoms with Crippen LogP contribution in [0.25, 0.3) is 5.70 Å². The van der Waals surface area contributed by atoms with Crippen LogP contribution >= 0.6 is 27.7 Å². The zero-order chi connectivity index (χ0) is 22.7. The fraction of sp³-hybridized carbons (Fsp3) is 0.286. The van der Waals surface area contributed by atoms with E-state index in [4.69, 9.17) is 15.2 Å². The van der Waals surface area contributed by atoms with E-state index in [1.165, 1.54) is 11.8 Å². The van der Waals surface area contributed by atoms with Gasteiger partial charge in [-0.3, -0.25) is 4.79 Å². The van der Waals surface area contributed by atoms with Crippen molar-refractivity contribution in [1.82, 2.24) is 5.32 Å². The number of hydrogen-bond donors (Lipinski definition) is 2. The number of nitrogens with one attached hydrogen (secondary N) is 1. The van der Waals surface area contributed by atoms with Gasteiger partial charge >= 0.3 is 0 Å². The van der Waals surface area contributed by atoms with E-state index in [-0.39, 0.29) is 12.4 Å². The molecule has 0 aliphatic rings. The second-order valence-electron chi connectivity index (χ2n) is 5.42. The van der Waals surface area contributed by atoms with E-state index in [2.05, 4.69) is 21.2 Å². The Morgan fingerprint density at radius 3 is 2.33 bits per heavy atom. The maximum absolute atomic E-state index is 14.1. The van der Waals surface area contributed by atoms with Crippen LogP contribution in [0.15, 0.2) is 40.2 Å². The molecule has 0 atom stereocenters. The normalized spacial score (nSPS) is 11.0. The topological polar surface area (TPSA) is 73.6 Å². The first-order valence-corrected chi connectivity index (χ1v) is 10.9. The molecule has 5 nitrogen and oxygen atoms in total. The minimum absolute atomic E-state index is 0.139. The highest BCUT2D eigenvalue weighted by Crippen LogP contribution is 2.31. The molecular formula is C21H25BrF2N2O3S. The van der Waals surface area contributed by atoms with E-state index in [0.29, 0.717) is 5.75 Å². The number of rotatable bonds is 9. The van der Waals surface area contributed by atoms with Gasteiger partial charge in [0.15, 0.2) is 11.6 Å². The Morgan fingerprint density at radius 2 is 1.80 bits per heavy atom. The van der Waals surface area contributed by atoms with Crippen LogP contribution in [0.3, 0.4) is 0 Å². The van der Waals surface area contributed by atoms with E-state index in [0.717, 1.165) is 33.0 Å². The van der Waals surface area contributed by atoms with E-state index < -0.39 is 23.1 Å². The second-order valence-corrected chi connectivity index (χ2v) is 7.85. The number of methoxy groups -OCH3 is 1. The second kappa shape index (κ2) is 13.1. The summed E-state index contributed by atoms with van der Waals surface area (Å²) in [6.45, 7) is 4.14. The molecule has 30 heavy (non-hydrogen) atoms. The molecule has 0 bridgehead atoms. The van der Waals surface area contributed by atoms with Crippen molar-refractivity contribution in [1.29, 1.82) is 0 Å².